The van der Waals surface area contributed by atoms with Crippen molar-refractivity contribution in [1.82, 2.24) is 0 Å². The van der Waals surface area contributed by atoms with E-state index in [4.69, 9.17) is 14.2 Å². The van der Waals surface area contributed by atoms with Crippen LogP contribution in [0.1, 0.15) is 92.4 Å². The van der Waals surface area contributed by atoms with Gasteiger partial charge in [-0.25, -0.2) is 13.2 Å². The van der Waals surface area contributed by atoms with Crippen LogP contribution in [-0.4, -0.2) is 88.1 Å². The molecule has 3 atom stereocenters. The summed E-state index contributed by atoms with van der Waals surface area (Å²) in [5.74, 6) is -2.05. The van der Waals surface area contributed by atoms with Gasteiger partial charge in [0, 0.05) is 5.57 Å². The van der Waals surface area contributed by atoms with E-state index in [0.717, 1.165) is 62.4 Å². The molecule has 0 aromatic heterocycles. The van der Waals surface area contributed by atoms with Crippen molar-refractivity contribution in [3.63, 3.8) is 0 Å². The second-order valence-corrected chi connectivity index (χ2v) is 12.8. The molecule has 0 amide bonds. The zero-order chi connectivity index (χ0) is 31.4. The average molecular weight is 594 g/mol. The summed E-state index contributed by atoms with van der Waals surface area (Å²) >= 11 is 0. The molecule has 0 aromatic carbocycles. The van der Waals surface area contributed by atoms with Gasteiger partial charge >= 0.3 is 17.9 Å². The molecule has 236 valence electrons. The summed E-state index contributed by atoms with van der Waals surface area (Å²) < 4.78 is 50.3. The molecule has 0 N–H and O–H groups in total. The molecule has 0 aliphatic heterocycles. The molecule has 10 nitrogen and oxygen atoms in total. The van der Waals surface area contributed by atoms with Crippen molar-refractivity contribution in [3.8, 4) is 0 Å². The van der Waals surface area contributed by atoms with Crippen LogP contribution < -0.4 is 0 Å². The van der Waals surface area contributed by atoms with Crippen molar-refractivity contribution in [3.05, 3.63) is 12.2 Å². The maximum absolute atomic E-state index is 12.1. The Morgan fingerprint density at radius 1 is 0.850 bits per heavy atom. The molecule has 0 heterocycles. The number of hydrogen-bond donors (Lipinski definition) is 0. The van der Waals surface area contributed by atoms with Crippen LogP contribution >= 0.6 is 0 Å². The van der Waals surface area contributed by atoms with Crippen molar-refractivity contribution < 1.29 is 46.0 Å². The molecule has 0 saturated carbocycles. The molecule has 0 saturated heterocycles. The SMILES string of the molecule is C=C(C)C(=O)OCC[N+](C)(C)C.CCCCC(CC)COC(=O)CC(C(=O)OCC(CC)CCCC)S(=O)(=O)[O-]. The topological polar surface area (TPSA) is 136 Å². The first-order valence-corrected chi connectivity index (χ1v) is 15.9. The van der Waals surface area contributed by atoms with E-state index in [1.165, 1.54) is 0 Å². The van der Waals surface area contributed by atoms with E-state index in [2.05, 4.69) is 41.6 Å². The maximum atomic E-state index is 12.1. The van der Waals surface area contributed by atoms with Crippen LogP contribution in [0.3, 0.4) is 0 Å². The Labute approximate surface area is 243 Å². The highest BCUT2D eigenvalue weighted by atomic mass is 32.2. The number of esters is 3. The second-order valence-electron chi connectivity index (χ2n) is 11.3. The van der Waals surface area contributed by atoms with Gasteiger partial charge < -0.3 is 23.2 Å². The fraction of sp³-hybridized carbons (Fsp3) is 0.828. The number of hydrogen-bond acceptors (Lipinski definition) is 9. The Morgan fingerprint density at radius 3 is 1.70 bits per heavy atom. The predicted octanol–water partition coefficient (Wildman–Crippen LogP) is 4.62. The summed E-state index contributed by atoms with van der Waals surface area (Å²) in [6, 6.07) is 0. The highest BCUT2D eigenvalue weighted by molar-refractivity contribution is 7.87. The molecule has 0 aliphatic rings. The monoisotopic (exact) mass is 593 g/mol. The molecule has 3 unspecified atom stereocenters. The van der Waals surface area contributed by atoms with E-state index in [1.807, 2.05) is 13.8 Å². The van der Waals surface area contributed by atoms with Gasteiger partial charge in [-0.2, -0.15) is 0 Å². The number of carbonyl (C=O) groups excluding carboxylic acids is 3. The highest BCUT2D eigenvalue weighted by Gasteiger charge is 2.31. The third kappa shape index (κ3) is 21.8. The Hall–Kier alpha value is -1.98. The van der Waals surface area contributed by atoms with Crippen LogP contribution in [0.2, 0.25) is 0 Å². The van der Waals surface area contributed by atoms with Crippen molar-refractivity contribution in [1.29, 1.82) is 0 Å². The van der Waals surface area contributed by atoms with Crippen LogP contribution in [0.5, 0.6) is 0 Å². The minimum absolute atomic E-state index is 0.0470. The van der Waals surface area contributed by atoms with Crippen LogP contribution in [0.25, 0.3) is 0 Å². The number of likely N-dealkylation sites (N-methyl/N-ethyl adjacent to an activating group) is 1. The minimum atomic E-state index is -5.01. The van der Waals surface area contributed by atoms with Gasteiger partial charge in [-0.3, -0.25) is 9.59 Å². The van der Waals surface area contributed by atoms with E-state index in [-0.39, 0.29) is 31.0 Å². The molecular formula is C29H55NO9S. The Kier molecular flexibility index (Phi) is 21.8. The van der Waals surface area contributed by atoms with Gasteiger partial charge in [0.1, 0.15) is 23.3 Å². The van der Waals surface area contributed by atoms with Crippen molar-refractivity contribution in [2.75, 3.05) is 47.5 Å². The Bertz CT molecular complexity index is 850. The first-order valence-electron chi connectivity index (χ1n) is 14.4. The van der Waals surface area contributed by atoms with Crippen molar-refractivity contribution >= 4 is 28.0 Å². The maximum Gasteiger partial charge on any atom is 0.333 e. The zero-order valence-electron chi connectivity index (χ0n) is 26.2. The summed E-state index contributed by atoms with van der Waals surface area (Å²) in [4.78, 5) is 35.0. The van der Waals surface area contributed by atoms with Crippen molar-refractivity contribution in [2.45, 2.75) is 97.7 Å². The zero-order valence-corrected chi connectivity index (χ0v) is 27.0. The summed E-state index contributed by atoms with van der Waals surface area (Å²) in [5, 5.41) is -2.06. The normalized spacial score (nSPS) is 13.7. The molecule has 0 aromatic rings. The average Bonchev–Trinajstić information content (AvgIpc) is 2.86. The standard InChI is InChI=1S/C20H38O7S.C9H18NO2/c1-5-9-11-16(7-3)14-26-19(21)13-18(28(23,24)25)20(22)27-15-17(8-4)12-10-6-2;1-8(2)9(11)12-7-6-10(3,4)5/h16-18H,5-15H2,1-4H3,(H,23,24,25);1,6-7H2,2-5H3/q;+1/p-1. The summed E-state index contributed by atoms with van der Waals surface area (Å²) in [6.45, 7) is 14.7. The van der Waals surface area contributed by atoms with E-state index in [1.54, 1.807) is 6.92 Å². The lowest BCUT2D eigenvalue weighted by Crippen LogP contribution is -2.38. The minimum Gasteiger partial charge on any atom is -0.747 e. The predicted molar refractivity (Wildman–Crippen MR) is 155 cm³/mol. The van der Waals surface area contributed by atoms with Gasteiger partial charge in [0.05, 0.1) is 40.8 Å². The van der Waals surface area contributed by atoms with E-state index in [0.29, 0.717) is 12.2 Å². The van der Waals surface area contributed by atoms with Crippen LogP contribution in [0.4, 0.5) is 0 Å². The smallest absolute Gasteiger partial charge is 0.333 e. The molecule has 0 fully saturated rings. The first kappa shape index (κ1) is 40.2. The summed E-state index contributed by atoms with van der Waals surface area (Å²) in [6.07, 6.45) is 6.58. The molecular weight excluding hydrogens is 538 g/mol. The number of nitrogens with zero attached hydrogens (tertiary/aromatic N) is 1. The lowest BCUT2D eigenvalue weighted by atomic mass is 10.0. The van der Waals surface area contributed by atoms with Crippen LogP contribution in [0, 0.1) is 11.8 Å². The Morgan fingerprint density at radius 2 is 1.32 bits per heavy atom. The van der Waals surface area contributed by atoms with Crippen LogP contribution in [0.15, 0.2) is 12.2 Å². The van der Waals surface area contributed by atoms with E-state index in [9.17, 15) is 27.4 Å². The number of unbranched alkanes of at least 4 members (excludes halogenated alkanes) is 2. The largest absolute Gasteiger partial charge is 0.747 e. The fourth-order valence-corrected chi connectivity index (χ4v) is 3.99. The van der Waals surface area contributed by atoms with Crippen molar-refractivity contribution in [2.24, 2.45) is 11.8 Å². The molecule has 0 spiro atoms. The third-order valence-corrected chi connectivity index (χ3v) is 7.39. The van der Waals surface area contributed by atoms with Gasteiger partial charge in [0.2, 0.25) is 0 Å². The molecule has 0 aliphatic carbocycles. The molecule has 40 heavy (non-hydrogen) atoms. The van der Waals surface area contributed by atoms with Gasteiger partial charge in [-0.15, -0.1) is 0 Å². The third-order valence-electron chi connectivity index (χ3n) is 6.34. The highest BCUT2D eigenvalue weighted by Crippen LogP contribution is 2.17. The lowest BCUT2D eigenvalue weighted by molar-refractivity contribution is -0.870. The first-order chi connectivity index (χ1) is 18.5. The fourth-order valence-electron chi connectivity index (χ4n) is 3.35. The number of ether oxygens (including phenoxy) is 3. The molecule has 0 rings (SSSR count). The van der Waals surface area contributed by atoms with Gasteiger partial charge in [-0.05, 0) is 31.6 Å². The quantitative estimate of drug-likeness (QED) is 0.0651. The number of carbonyl (C=O) groups is 3. The molecule has 0 radical (unpaired) electrons. The summed E-state index contributed by atoms with van der Waals surface area (Å²) in [7, 11) is 1.14. The van der Waals surface area contributed by atoms with E-state index >= 15 is 0 Å². The second kappa shape index (κ2) is 21.7. The number of rotatable bonds is 20. The van der Waals surface area contributed by atoms with E-state index < -0.39 is 33.7 Å². The molecule has 11 heteroatoms. The Balaban J connectivity index is 0. The number of quaternary nitrogens is 1. The van der Waals surface area contributed by atoms with Gasteiger partial charge in [0.25, 0.3) is 0 Å². The lowest BCUT2D eigenvalue weighted by Gasteiger charge is -2.23. The van der Waals surface area contributed by atoms with Gasteiger partial charge in [-0.1, -0.05) is 72.8 Å². The molecule has 0 bridgehead atoms. The van der Waals surface area contributed by atoms with Crippen LogP contribution in [-0.2, 0) is 38.7 Å². The summed E-state index contributed by atoms with van der Waals surface area (Å²) in [5.41, 5.74) is 0.455. The van der Waals surface area contributed by atoms with Gasteiger partial charge in [0.15, 0.2) is 5.25 Å².